The molecule has 0 radical (unpaired) electrons. The van der Waals surface area contributed by atoms with E-state index in [-0.39, 0.29) is 24.8 Å². The molecule has 1 aliphatic rings. The van der Waals surface area contributed by atoms with E-state index >= 15 is 0 Å². The first kappa shape index (κ1) is 19.1. The smallest absolute Gasteiger partial charge is 0.321 e. The Hall–Kier alpha value is -2.67. The van der Waals surface area contributed by atoms with E-state index in [0.29, 0.717) is 11.7 Å². The summed E-state index contributed by atoms with van der Waals surface area (Å²) in [5.74, 6) is 0.586. The molecule has 7 heteroatoms. The van der Waals surface area contributed by atoms with E-state index < -0.39 is 6.03 Å². The number of nitrogens with zero attached hydrogens (tertiary/aromatic N) is 1. The highest BCUT2D eigenvalue weighted by Crippen LogP contribution is 2.21. The van der Waals surface area contributed by atoms with Gasteiger partial charge >= 0.3 is 6.03 Å². The largest absolute Gasteiger partial charge is 0.467 e. The molecule has 0 unspecified atom stereocenters. The average molecular weight is 373 g/mol. The van der Waals surface area contributed by atoms with E-state index in [9.17, 15) is 14.0 Å². The molecule has 3 rings (SSSR count). The second-order valence-corrected chi connectivity index (χ2v) is 6.86. The Morgan fingerprint density at radius 1 is 1.19 bits per heavy atom. The number of rotatable bonds is 6. The molecule has 1 aromatic carbocycles. The third kappa shape index (κ3) is 6.21. The van der Waals surface area contributed by atoms with Crippen molar-refractivity contribution >= 4 is 11.9 Å². The highest BCUT2D eigenvalue weighted by atomic mass is 19.1. The summed E-state index contributed by atoms with van der Waals surface area (Å²) in [4.78, 5) is 25.8. The van der Waals surface area contributed by atoms with Gasteiger partial charge in [-0.1, -0.05) is 12.1 Å². The topological polar surface area (TPSA) is 74.6 Å². The van der Waals surface area contributed by atoms with E-state index in [4.69, 9.17) is 4.42 Å². The van der Waals surface area contributed by atoms with E-state index in [2.05, 4.69) is 10.6 Å². The summed E-state index contributed by atoms with van der Waals surface area (Å²) in [6, 6.07) is 9.67. The molecule has 0 bridgehead atoms. The van der Waals surface area contributed by atoms with Crippen molar-refractivity contribution in [2.45, 2.75) is 25.8 Å². The van der Waals surface area contributed by atoms with Crippen LogP contribution < -0.4 is 10.6 Å². The number of carbonyl (C=O) groups is 2. The van der Waals surface area contributed by atoms with Crippen LogP contribution in [0, 0.1) is 11.7 Å². The van der Waals surface area contributed by atoms with E-state index in [0.717, 1.165) is 37.9 Å². The molecule has 1 fully saturated rings. The maximum atomic E-state index is 13.3. The molecule has 1 saturated heterocycles. The molecule has 0 aliphatic carbocycles. The third-order valence-corrected chi connectivity index (χ3v) is 4.74. The number of amides is 3. The predicted molar refractivity (Wildman–Crippen MR) is 98.4 cm³/mol. The summed E-state index contributed by atoms with van der Waals surface area (Å²) >= 11 is 0. The lowest BCUT2D eigenvalue weighted by molar-refractivity contribution is -0.121. The molecule has 2 heterocycles. The van der Waals surface area contributed by atoms with Gasteiger partial charge < -0.3 is 9.73 Å². The van der Waals surface area contributed by atoms with Crippen LogP contribution in [0.3, 0.4) is 0 Å². The van der Waals surface area contributed by atoms with Gasteiger partial charge in [-0.15, -0.1) is 0 Å². The van der Waals surface area contributed by atoms with Crippen molar-refractivity contribution in [3.05, 3.63) is 59.8 Å². The quantitative estimate of drug-likeness (QED) is 0.816. The Morgan fingerprint density at radius 3 is 2.70 bits per heavy atom. The number of urea groups is 1. The summed E-state index contributed by atoms with van der Waals surface area (Å²) in [7, 11) is 0. The van der Waals surface area contributed by atoms with Gasteiger partial charge in [-0.3, -0.25) is 15.0 Å². The van der Waals surface area contributed by atoms with Crippen molar-refractivity contribution < 1.29 is 18.4 Å². The van der Waals surface area contributed by atoms with Crippen LogP contribution in [-0.4, -0.2) is 36.5 Å². The molecule has 6 nitrogen and oxygen atoms in total. The molecular weight excluding hydrogens is 349 g/mol. The minimum absolute atomic E-state index is 0.195. The maximum Gasteiger partial charge on any atom is 0.321 e. The fourth-order valence-electron chi connectivity index (χ4n) is 3.34. The Balaban J connectivity index is 1.34. The third-order valence-electron chi connectivity index (χ3n) is 4.74. The summed E-state index contributed by atoms with van der Waals surface area (Å²) in [6.45, 7) is 2.02. The van der Waals surface area contributed by atoms with Gasteiger partial charge in [0.25, 0.3) is 0 Å². The normalized spacial score (nSPS) is 15.4. The predicted octanol–water partition coefficient (Wildman–Crippen LogP) is 2.70. The van der Waals surface area contributed by atoms with Gasteiger partial charge in [0.15, 0.2) is 0 Å². The van der Waals surface area contributed by atoms with Crippen molar-refractivity contribution in [2.75, 3.05) is 19.6 Å². The zero-order chi connectivity index (χ0) is 19.1. The highest BCUT2D eigenvalue weighted by molar-refractivity contribution is 5.95. The lowest BCUT2D eigenvalue weighted by Gasteiger charge is -2.31. The van der Waals surface area contributed by atoms with Crippen LogP contribution in [-0.2, 0) is 17.8 Å². The number of hydrogen-bond acceptors (Lipinski definition) is 4. The van der Waals surface area contributed by atoms with Gasteiger partial charge in [0.2, 0.25) is 5.91 Å². The molecule has 0 saturated carbocycles. The number of benzene rings is 1. The van der Waals surface area contributed by atoms with Gasteiger partial charge in [0, 0.05) is 0 Å². The van der Waals surface area contributed by atoms with Crippen molar-refractivity contribution in [3.63, 3.8) is 0 Å². The van der Waals surface area contributed by atoms with E-state index in [1.807, 2.05) is 11.0 Å². The Labute approximate surface area is 157 Å². The van der Waals surface area contributed by atoms with Gasteiger partial charge in [0.1, 0.15) is 11.6 Å². The van der Waals surface area contributed by atoms with Crippen LogP contribution in [0.2, 0.25) is 0 Å². The minimum Gasteiger partial charge on any atom is -0.467 e. The molecule has 2 N–H and O–H groups in total. The first-order valence-electron chi connectivity index (χ1n) is 9.15. The van der Waals surface area contributed by atoms with Crippen LogP contribution in [0.5, 0.6) is 0 Å². The molecule has 144 valence electrons. The number of imide groups is 1. The summed E-state index contributed by atoms with van der Waals surface area (Å²) < 4.78 is 18.4. The van der Waals surface area contributed by atoms with Crippen LogP contribution >= 0.6 is 0 Å². The monoisotopic (exact) mass is 373 g/mol. The average Bonchev–Trinajstić information content (AvgIpc) is 3.15. The SMILES string of the molecule is O=C(CN1CCC(Cc2cccc(F)c2)CC1)NC(=O)NCc1ccco1. The van der Waals surface area contributed by atoms with Crippen molar-refractivity contribution in [2.24, 2.45) is 5.92 Å². The van der Waals surface area contributed by atoms with Crippen molar-refractivity contribution in [3.8, 4) is 0 Å². The fraction of sp³-hybridized carbons (Fsp3) is 0.400. The second kappa shape index (κ2) is 9.32. The highest BCUT2D eigenvalue weighted by Gasteiger charge is 2.21. The number of halogens is 1. The Morgan fingerprint density at radius 2 is 2.00 bits per heavy atom. The zero-order valence-electron chi connectivity index (χ0n) is 15.1. The van der Waals surface area contributed by atoms with Gasteiger partial charge in [-0.25, -0.2) is 9.18 Å². The number of piperidine rings is 1. The molecular formula is C20H24FN3O3. The molecule has 0 atom stereocenters. The van der Waals surface area contributed by atoms with Crippen molar-refractivity contribution in [1.82, 2.24) is 15.5 Å². The lowest BCUT2D eigenvalue weighted by atomic mass is 9.90. The first-order chi connectivity index (χ1) is 13.1. The molecule has 0 spiro atoms. The van der Waals surface area contributed by atoms with Gasteiger partial charge in [0.05, 0.1) is 19.4 Å². The van der Waals surface area contributed by atoms with Crippen molar-refractivity contribution in [1.29, 1.82) is 0 Å². The van der Waals surface area contributed by atoms with E-state index in [1.54, 1.807) is 24.3 Å². The van der Waals surface area contributed by atoms with E-state index in [1.165, 1.54) is 12.3 Å². The Bertz CT molecular complexity index is 756. The number of furan rings is 1. The molecule has 3 amide bonds. The van der Waals surface area contributed by atoms with Crippen LogP contribution in [0.4, 0.5) is 9.18 Å². The summed E-state index contributed by atoms with van der Waals surface area (Å²) in [6.07, 6.45) is 4.29. The van der Waals surface area contributed by atoms with Crippen LogP contribution in [0.1, 0.15) is 24.2 Å². The maximum absolute atomic E-state index is 13.3. The zero-order valence-corrected chi connectivity index (χ0v) is 15.1. The molecule has 1 aromatic heterocycles. The second-order valence-electron chi connectivity index (χ2n) is 6.86. The first-order valence-corrected chi connectivity index (χ1v) is 9.15. The van der Waals surface area contributed by atoms with Crippen LogP contribution in [0.15, 0.2) is 47.1 Å². The van der Waals surface area contributed by atoms with Gasteiger partial charge in [-0.2, -0.15) is 0 Å². The lowest BCUT2D eigenvalue weighted by Crippen LogP contribution is -2.46. The fourth-order valence-corrected chi connectivity index (χ4v) is 3.34. The summed E-state index contributed by atoms with van der Waals surface area (Å²) in [5.41, 5.74) is 1.01. The molecule has 27 heavy (non-hydrogen) atoms. The number of carbonyl (C=O) groups excluding carboxylic acids is 2. The number of likely N-dealkylation sites (tertiary alicyclic amines) is 1. The van der Waals surface area contributed by atoms with Gasteiger partial charge in [-0.05, 0) is 68.1 Å². The minimum atomic E-state index is -0.530. The Kier molecular flexibility index (Phi) is 6.59. The summed E-state index contributed by atoms with van der Waals surface area (Å²) in [5, 5.41) is 4.91. The molecule has 1 aliphatic heterocycles. The number of nitrogens with one attached hydrogen (secondary N) is 2. The number of hydrogen-bond donors (Lipinski definition) is 2. The standard InChI is InChI=1S/C20H24FN3O3/c21-17-4-1-3-16(12-17)11-15-6-8-24(9-7-15)14-19(25)23-20(26)22-13-18-5-2-10-27-18/h1-5,10,12,15H,6-9,11,13-14H2,(H2,22,23,25,26). The molecule has 2 aromatic rings. The van der Waals surface area contributed by atoms with Crippen LogP contribution in [0.25, 0.3) is 0 Å².